The molecule has 1 aliphatic heterocycles. The Hall–Kier alpha value is -3.12. The maximum absolute atomic E-state index is 11.9. The van der Waals surface area contributed by atoms with Crippen molar-refractivity contribution in [2.24, 2.45) is 23.7 Å². The van der Waals surface area contributed by atoms with Crippen LogP contribution in [0.15, 0.2) is 48.0 Å². The van der Waals surface area contributed by atoms with E-state index in [-0.39, 0.29) is 6.61 Å². The van der Waals surface area contributed by atoms with Crippen LogP contribution in [-0.2, 0) is 25.6 Å². The molecule has 2 aromatic rings. The predicted molar refractivity (Wildman–Crippen MR) is 169 cm³/mol. The number of aliphatic hydroxyl groups excluding tert-OH is 4. The van der Waals surface area contributed by atoms with Gasteiger partial charge < -0.3 is 44.1 Å². The summed E-state index contributed by atoms with van der Waals surface area (Å²) in [7, 11) is 3.01. The molecule has 0 radical (unpaired) electrons. The number of methoxy groups -OCH3 is 2. The molecule has 5 aliphatic rings. The third kappa shape index (κ3) is 6.52. The molecular formula is C35H41ClO10. The molecular weight excluding hydrogens is 616 g/mol. The highest BCUT2D eigenvalue weighted by molar-refractivity contribution is 6.34. The highest BCUT2D eigenvalue weighted by atomic mass is 35.5. The maximum atomic E-state index is 11.9. The fraction of sp³-hybridized carbons (Fsp3) is 0.514. The summed E-state index contributed by atoms with van der Waals surface area (Å²) in [6.45, 7) is -0.414. The minimum atomic E-state index is -1.54. The van der Waals surface area contributed by atoms with E-state index in [1.807, 2.05) is 12.1 Å². The molecule has 10 nitrogen and oxygen atoms in total. The molecule has 4 saturated carbocycles. The lowest BCUT2D eigenvalue weighted by atomic mass is 9.54. The Bertz CT molecular complexity index is 1440. The van der Waals surface area contributed by atoms with Crippen molar-refractivity contribution < 1.29 is 48.9 Å². The van der Waals surface area contributed by atoms with Gasteiger partial charge in [-0.15, -0.1) is 0 Å². The number of carbonyl (C=O) groups is 1. The van der Waals surface area contributed by atoms with Gasteiger partial charge in [0.1, 0.15) is 48.3 Å². The summed E-state index contributed by atoms with van der Waals surface area (Å²) in [4.78, 5) is 11.9. The maximum Gasteiger partial charge on any atom is 0.330 e. The third-order valence-electron chi connectivity index (χ3n) is 9.86. The van der Waals surface area contributed by atoms with Gasteiger partial charge in [0.2, 0.25) is 6.29 Å². The zero-order chi connectivity index (χ0) is 32.5. The molecule has 1 saturated heterocycles. The van der Waals surface area contributed by atoms with Crippen LogP contribution in [0.4, 0.5) is 0 Å². The molecule has 4 aliphatic carbocycles. The molecule has 3 unspecified atom stereocenters. The van der Waals surface area contributed by atoms with Crippen LogP contribution in [0.1, 0.15) is 48.8 Å². The molecule has 4 bridgehead atoms. The lowest BCUT2D eigenvalue weighted by Crippen LogP contribution is -2.60. The summed E-state index contributed by atoms with van der Waals surface area (Å²) >= 11 is 7.11. The first kappa shape index (κ1) is 32.8. The number of halogens is 1. The van der Waals surface area contributed by atoms with E-state index in [1.54, 1.807) is 37.5 Å². The molecule has 5 fully saturated rings. The second kappa shape index (κ2) is 13.9. The smallest absolute Gasteiger partial charge is 0.330 e. The van der Waals surface area contributed by atoms with Crippen LogP contribution < -0.4 is 9.47 Å². The molecule has 2 aromatic carbocycles. The zero-order valence-electron chi connectivity index (χ0n) is 25.9. The average Bonchev–Trinajstić information content (AvgIpc) is 3.05. The Balaban J connectivity index is 1.23. The zero-order valence-corrected chi connectivity index (χ0v) is 26.6. The number of esters is 1. The second-order valence-corrected chi connectivity index (χ2v) is 13.1. The van der Waals surface area contributed by atoms with E-state index >= 15 is 0 Å². The Labute approximate surface area is 273 Å². The van der Waals surface area contributed by atoms with Crippen molar-refractivity contribution >= 4 is 29.4 Å². The number of hydrogen-bond acceptors (Lipinski definition) is 10. The van der Waals surface area contributed by atoms with Gasteiger partial charge in [-0.25, -0.2) is 4.79 Å². The van der Waals surface area contributed by atoms with Crippen molar-refractivity contribution in [3.8, 4) is 11.5 Å². The summed E-state index contributed by atoms with van der Waals surface area (Å²) in [5.41, 5.74) is 3.51. The molecule has 0 amide bonds. The largest absolute Gasteiger partial charge is 0.496 e. The van der Waals surface area contributed by atoms with Gasteiger partial charge in [-0.1, -0.05) is 29.8 Å². The molecule has 46 heavy (non-hydrogen) atoms. The highest BCUT2D eigenvalue weighted by Crippen LogP contribution is 2.58. The van der Waals surface area contributed by atoms with Crippen molar-refractivity contribution in [3.63, 3.8) is 0 Å². The molecule has 0 aromatic heterocycles. The first-order valence-electron chi connectivity index (χ1n) is 15.8. The number of hydrogen-bond donors (Lipinski definition) is 4. The van der Waals surface area contributed by atoms with Crippen LogP contribution in [0.3, 0.4) is 0 Å². The van der Waals surface area contributed by atoms with Crippen molar-refractivity contribution in [1.29, 1.82) is 0 Å². The van der Waals surface area contributed by atoms with Crippen LogP contribution in [0.5, 0.6) is 11.5 Å². The number of aliphatic hydroxyl groups is 4. The first-order valence-corrected chi connectivity index (χ1v) is 16.1. The number of carbonyl (C=O) groups excluding carboxylic acids is 1. The quantitative estimate of drug-likeness (QED) is 0.168. The molecule has 5 atom stereocenters. The van der Waals surface area contributed by atoms with Crippen LogP contribution in [-0.4, -0.2) is 77.9 Å². The van der Waals surface area contributed by atoms with Crippen LogP contribution in [0, 0.1) is 23.7 Å². The van der Waals surface area contributed by atoms with E-state index in [9.17, 15) is 25.2 Å². The Morgan fingerprint density at radius 2 is 1.59 bits per heavy atom. The Morgan fingerprint density at radius 1 is 0.913 bits per heavy atom. The average molecular weight is 657 g/mol. The first-order chi connectivity index (χ1) is 22.2. The number of benzene rings is 2. The van der Waals surface area contributed by atoms with Gasteiger partial charge in [0.15, 0.2) is 0 Å². The molecule has 1 heterocycles. The Morgan fingerprint density at radius 3 is 2.20 bits per heavy atom. The van der Waals surface area contributed by atoms with E-state index in [1.165, 1.54) is 50.9 Å². The summed E-state index contributed by atoms with van der Waals surface area (Å²) in [6, 6.07) is 10.6. The molecule has 248 valence electrons. The highest BCUT2D eigenvalue weighted by Gasteiger charge is 2.47. The summed E-state index contributed by atoms with van der Waals surface area (Å²) in [6.07, 6.45) is 2.19. The van der Waals surface area contributed by atoms with E-state index in [4.69, 9.17) is 35.3 Å². The van der Waals surface area contributed by atoms with Crippen molar-refractivity contribution in [1.82, 2.24) is 0 Å². The third-order valence-corrected chi connectivity index (χ3v) is 10.2. The normalized spacial score (nSPS) is 31.6. The summed E-state index contributed by atoms with van der Waals surface area (Å²) in [5.74, 6) is 3.68. The summed E-state index contributed by atoms with van der Waals surface area (Å²) < 4.78 is 28.3. The summed E-state index contributed by atoms with van der Waals surface area (Å²) in [5, 5.41) is 40.2. The standard InChI is InChI=1S/C35H41ClO10/c1-42-27(38)10-6-21-5-9-25(34(43-2)28-22-12-19-11-20(14-22)15-23(28)13-19)29(36)33(21)44-17-18-3-7-24(8-4-18)45-35-32(41)31(40)30(39)26(16-37)46-35/h3-10,19-20,22-23,26,30-32,35,37,39-41H,11-17H2,1-2H3/b10-6+,34-28?/t19?,20?,22?,23?,26?,30-,31?,32?,35+/m0/s1. The van der Waals surface area contributed by atoms with Gasteiger partial charge in [-0.05, 0) is 91.2 Å². The topological polar surface area (TPSA) is 144 Å². The van der Waals surface area contributed by atoms with Gasteiger partial charge in [0, 0.05) is 17.2 Å². The number of allylic oxidation sites excluding steroid dienone is 1. The second-order valence-electron chi connectivity index (χ2n) is 12.7. The lowest BCUT2D eigenvalue weighted by Gasteiger charge is -2.51. The fourth-order valence-electron chi connectivity index (χ4n) is 7.81. The molecule has 0 spiro atoms. The molecule has 4 N–H and O–H groups in total. The Kier molecular flexibility index (Phi) is 9.94. The minimum absolute atomic E-state index is 0.135. The fourth-order valence-corrected chi connectivity index (χ4v) is 8.13. The van der Waals surface area contributed by atoms with E-state index < -0.39 is 43.3 Å². The van der Waals surface area contributed by atoms with Crippen molar-refractivity contribution in [2.45, 2.75) is 69.4 Å². The van der Waals surface area contributed by atoms with E-state index in [2.05, 4.69) is 0 Å². The van der Waals surface area contributed by atoms with Gasteiger partial charge in [0.25, 0.3) is 0 Å². The van der Waals surface area contributed by atoms with E-state index in [0.717, 1.165) is 28.7 Å². The van der Waals surface area contributed by atoms with Gasteiger partial charge >= 0.3 is 5.97 Å². The van der Waals surface area contributed by atoms with Crippen molar-refractivity contribution in [2.75, 3.05) is 20.8 Å². The minimum Gasteiger partial charge on any atom is -0.496 e. The van der Waals surface area contributed by atoms with Gasteiger partial charge in [-0.2, -0.15) is 0 Å². The molecule has 11 heteroatoms. The van der Waals surface area contributed by atoms with Crippen LogP contribution >= 0.6 is 11.6 Å². The van der Waals surface area contributed by atoms with Crippen LogP contribution in [0.2, 0.25) is 5.02 Å². The van der Waals surface area contributed by atoms with Crippen LogP contribution in [0.25, 0.3) is 11.8 Å². The lowest BCUT2D eigenvalue weighted by molar-refractivity contribution is -0.277. The number of rotatable bonds is 10. The monoisotopic (exact) mass is 656 g/mol. The van der Waals surface area contributed by atoms with E-state index in [0.29, 0.717) is 33.9 Å². The number of ether oxygens (including phenoxy) is 5. The van der Waals surface area contributed by atoms with Gasteiger partial charge in [-0.3, -0.25) is 0 Å². The predicted octanol–water partition coefficient (Wildman–Crippen LogP) is 4.10. The molecule has 7 rings (SSSR count). The van der Waals surface area contributed by atoms with Gasteiger partial charge in [0.05, 0.1) is 25.8 Å². The van der Waals surface area contributed by atoms with Crippen molar-refractivity contribution in [3.05, 3.63) is 69.8 Å². The SMILES string of the molecule is COC(=O)/C=C/c1ccc(C(OC)=C2C3CC4CC(C3)CC2C4)c(Cl)c1OCc1ccc(O[C@@H]2OC(CO)[C@H](O)C(O)C2O)cc1.